The van der Waals surface area contributed by atoms with Crippen molar-refractivity contribution in [2.45, 2.75) is 13.0 Å². The molecule has 3 rings (SSSR count). The largest absolute Gasteiger partial charge is 0.457 e. The van der Waals surface area contributed by atoms with Gasteiger partial charge in [0.1, 0.15) is 11.5 Å². The summed E-state index contributed by atoms with van der Waals surface area (Å²) in [5.41, 5.74) is 1.95. The Morgan fingerprint density at radius 1 is 0.846 bits per heavy atom. The molecule has 2 N–H and O–H groups in total. The van der Waals surface area contributed by atoms with Gasteiger partial charge in [-0.25, -0.2) is 0 Å². The Kier molecular flexibility index (Phi) is 5.88. The van der Waals surface area contributed by atoms with E-state index in [4.69, 9.17) is 4.74 Å². The number of rotatable bonds is 7. The average molecular weight is 346 g/mol. The zero-order chi connectivity index (χ0) is 18.2. The smallest absolute Gasteiger partial charge is 0.239 e. The van der Waals surface area contributed by atoms with Crippen LogP contribution in [0.3, 0.4) is 0 Å². The number of para-hydroxylation sites is 1. The number of benzene rings is 3. The summed E-state index contributed by atoms with van der Waals surface area (Å²) in [6.45, 7) is 2.19. The number of amides is 1. The van der Waals surface area contributed by atoms with Gasteiger partial charge in [0.05, 0.1) is 12.6 Å². The molecule has 1 amide bonds. The van der Waals surface area contributed by atoms with Crippen LogP contribution in [0.2, 0.25) is 0 Å². The molecule has 0 aromatic heterocycles. The summed E-state index contributed by atoms with van der Waals surface area (Å²) in [4.78, 5) is 12.1. The summed E-state index contributed by atoms with van der Waals surface area (Å²) in [6, 6.07) is 27.0. The third kappa shape index (κ3) is 5.11. The maximum absolute atomic E-state index is 12.1. The van der Waals surface area contributed by atoms with E-state index in [1.807, 2.05) is 91.9 Å². The highest BCUT2D eigenvalue weighted by molar-refractivity contribution is 5.81. The molecule has 1 unspecified atom stereocenters. The third-order valence-electron chi connectivity index (χ3n) is 3.96. The number of ether oxygens (including phenoxy) is 1. The monoisotopic (exact) mass is 346 g/mol. The molecule has 4 heteroatoms. The zero-order valence-electron chi connectivity index (χ0n) is 14.7. The first-order chi connectivity index (χ1) is 12.7. The Morgan fingerprint density at radius 2 is 1.42 bits per heavy atom. The van der Waals surface area contributed by atoms with Gasteiger partial charge in [0.2, 0.25) is 5.91 Å². The zero-order valence-corrected chi connectivity index (χ0v) is 14.7. The lowest BCUT2D eigenvalue weighted by molar-refractivity contribution is -0.120. The van der Waals surface area contributed by atoms with Crippen LogP contribution in [0.15, 0.2) is 84.9 Å². The van der Waals surface area contributed by atoms with Gasteiger partial charge in [0.15, 0.2) is 0 Å². The molecule has 0 radical (unpaired) electrons. The molecule has 0 heterocycles. The van der Waals surface area contributed by atoms with Crippen LogP contribution >= 0.6 is 0 Å². The van der Waals surface area contributed by atoms with E-state index in [0.717, 1.165) is 22.7 Å². The minimum atomic E-state index is -0.0500. The summed E-state index contributed by atoms with van der Waals surface area (Å²) in [5, 5.41) is 6.11. The Bertz CT molecular complexity index is 818. The maximum Gasteiger partial charge on any atom is 0.239 e. The predicted molar refractivity (Wildman–Crippen MR) is 104 cm³/mol. The molecule has 0 fully saturated rings. The van der Waals surface area contributed by atoms with Crippen molar-refractivity contribution >= 4 is 11.6 Å². The lowest BCUT2D eigenvalue weighted by Gasteiger charge is -2.15. The van der Waals surface area contributed by atoms with Crippen LogP contribution in [0.25, 0.3) is 0 Å². The highest BCUT2D eigenvalue weighted by Crippen LogP contribution is 2.22. The van der Waals surface area contributed by atoms with E-state index < -0.39 is 0 Å². The first kappa shape index (κ1) is 17.5. The topological polar surface area (TPSA) is 50.4 Å². The minimum Gasteiger partial charge on any atom is -0.457 e. The van der Waals surface area contributed by atoms with E-state index in [0.29, 0.717) is 0 Å². The van der Waals surface area contributed by atoms with Gasteiger partial charge in [-0.3, -0.25) is 4.79 Å². The molecular formula is C22H22N2O2. The van der Waals surface area contributed by atoms with Crippen LogP contribution in [0, 0.1) is 0 Å². The fourth-order valence-corrected chi connectivity index (χ4v) is 2.57. The molecular weight excluding hydrogens is 324 g/mol. The van der Waals surface area contributed by atoms with Crippen LogP contribution in [0.1, 0.15) is 18.5 Å². The fraction of sp³-hybridized carbons (Fsp3) is 0.136. The second-order valence-electron chi connectivity index (χ2n) is 5.99. The van der Waals surface area contributed by atoms with Gasteiger partial charge in [0.25, 0.3) is 0 Å². The summed E-state index contributed by atoms with van der Waals surface area (Å²) in [7, 11) is 0. The molecule has 132 valence electrons. The SMILES string of the molecule is CC(NC(=O)CNc1ccc(Oc2ccccc2)cc1)c1ccccc1. The Hall–Kier alpha value is -3.27. The van der Waals surface area contributed by atoms with Gasteiger partial charge < -0.3 is 15.4 Å². The highest BCUT2D eigenvalue weighted by Gasteiger charge is 2.08. The first-order valence-electron chi connectivity index (χ1n) is 8.62. The molecule has 0 aliphatic carbocycles. The van der Waals surface area contributed by atoms with Crippen molar-refractivity contribution in [1.82, 2.24) is 5.32 Å². The number of hydrogen-bond donors (Lipinski definition) is 2. The number of anilines is 1. The highest BCUT2D eigenvalue weighted by atomic mass is 16.5. The van der Waals surface area contributed by atoms with Crippen molar-refractivity contribution in [3.05, 3.63) is 90.5 Å². The van der Waals surface area contributed by atoms with Gasteiger partial charge in [-0.15, -0.1) is 0 Å². The molecule has 3 aromatic rings. The molecule has 4 nitrogen and oxygen atoms in total. The molecule has 26 heavy (non-hydrogen) atoms. The lowest BCUT2D eigenvalue weighted by Crippen LogP contribution is -2.32. The second-order valence-corrected chi connectivity index (χ2v) is 5.99. The number of nitrogens with one attached hydrogen (secondary N) is 2. The normalized spacial score (nSPS) is 11.4. The van der Waals surface area contributed by atoms with Crippen molar-refractivity contribution < 1.29 is 9.53 Å². The van der Waals surface area contributed by atoms with E-state index in [1.54, 1.807) is 0 Å². The first-order valence-corrected chi connectivity index (χ1v) is 8.62. The summed E-state index contributed by atoms with van der Waals surface area (Å²) < 4.78 is 5.75. The van der Waals surface area contributed by atoms with E-state index in [2.05, 4.69) is 10.6 Å². The predicted octanol–water partition coefficient (Wildman–Crippen LogP) is 4.77. The van der Waals surface area contributed by atoms with Crippen molar-refractivity contribution in [3.8, 4) is 11.5 Å². The van der Waals surface area contributed by atoms with Crippen LogP contribution in [-0.4, -0.2) is 12.5 Å². The standard InChI is InChI=1S/C22H22N2O2/c1-17(18-8-4-2-5-9-18)24-22(25)16-23-19-12-14-21(15-13-19)26-20-10-6-3-7-11-20/h2-15,17,23H,16H2,1H3,(H,24,25). The number of carbonyl (C=O) groups is 1. The van der Waals surface area contributed by atoms with Crippen molar-refractivity contribution in [2.75, 3.05) is 11.9 Å². The van der Waals surface area contributed by atoms with Crippen molar-refractivity contribution in [3.63, 3.8) is 0 Å². The van der Waals surface area contributed by atoms with Gasteiger partial charge in [-0.05, 0) is 48.9 Å². The lowest BCUT2D eigenvalue weighted by atomic mass is 10.1. The second kappa shape index (κ2) is 8.72. The molecule has 3 aromatic carbocycles. The van der Waals surface area contributed by atoms with Gasteiger partial charge in [0, 0.05) is 5.69 Å². The number of hydrogen-bond acceptors (Lipinski definition) is 3. The van der Waals surface area contributed by atoms with Gasteiger partial charge >= 0.3 is 0 Å². The maximum atomic E-state index is 12.1. The summed E-state index contributed by atoms with van der Waals surface area (Å²) in [6.07, 6.45) is 0. The van der Waals surface area contributed by atoms with Crippen LogP contribution in [0.4, 0.5) is 5.69 Å². The van der Waals surface area contributed by atoms with Crippen molar-refractivity contribution in [1.29, 1.82) is 0 Å². The molecule has 0 bridgehead atoms. The van der Waals surface area contributed by atoms with E-state index in [9.17, 15) is 4.79 Å². The summed E-state index contributed by atoms with van der Waals surface area (Å²) in [5.74, 6) is 1.50. The van der Waals surface area contributed by atoms with E-state index in [-0.39, 0.29) is 18.5 Å². The molecule has 0 saturated heterocycles. The van der Waals surface area contributed by atoms with Gasteiger partial charge in [-0.1, -0.05) is 48.5 Å². The van der Waals surface area contributed by atoms with E-state index in [1.165, 1.54) is 0 Å². The number of carbonyl (C=O) groups excluding carboxylic acids is 1. The van der Waals surface area contributed by atoms with Crippen LogP contribution < -0.4 is 15.4 Å². The van der Waals surface area contributed by atoms with Gasteiger partial charge in [-0.2, -0.15) is 0 Å². The van der Waals surface area contributed by atoms with Crippen molar-refractivity contribution in [2.24, 2.45) is 0 Å². The Morgan fingerprint density at radius 3 is 2.08 bits per heavy atom. The molecule has 1 atom stereocenters. The third-order valence-corrected chi connectivity index (χ3v) is 3.96. The Labute approximate surface area is 153 Å². The van der Waals surface area contributed by atoms with E-state index >= 15 is 0 Å². The fourth-order valence-electron chi connectivity index (χ4n) is 2.57. The average Bonchev–Trinajstić information content (AvgIpc) is 2.69. The molecule has 0 aliphatic rings. The minimum absolute atomic E-state index is 0.0212. The quantitative estimate of drug-likeness (QED) is 0.648. The van der Waals surface area contributed by atoms with Crippen LogP contribution in [-0.2, 0) is 4.79 Å². The molecule has 0 saturated carbocycles. The summed E-state index contributed by atoms with van der Waals surface area (Å²) >= 11 is 0. The Balaban J connectivity index is 1.48. The van der Waals surface area contributed by atoms with Crippen LogP contribution in [0.5, 0.6) is 11.5 Å². The molecule has 0 aliphatic heterocycles. The molecule has 0 spiro atoms.